The van der Waals surface area contributed by atoms with Crippen LogP contribution < -0.4 is 5.32 Å². The topological polar surface area (TPSA) is 15.3 Å². The van der Waals surface area contributed by atoms with Crippen LogP contribution in [0.1, 0.15) is 18.9 Å². The van der Waals surface area contributed by atoms with E-state index in [4.69, 9.17) is 0 Å². The molecule has 0 aliphatic heterocycles. The fourth-order valence-electron chi connectivity index (χ4n) is 1.65. The maximum absolute atomic E-state index is 12.8. The second-order valence-corrected chi connectivity index (χ2v) is 4.68. The van der Waals surface area contributed by atoms with Crippen molar-refractivity contribution in [1.82, 2.24) is 4.90 Å². The third-order valence-electron chi connectivity index (χ3n) is 2.64. The molecule has 2 nitrogen and oxygen atoms in total. The Bertz CT molecular complexity index is 375. The van der Waals surface area contributed by atoms with Gasteiger partial charge in [-0.3, -0.25) is 0 Å². The lowest BCUT2D eigenvalue weighted by Gasteiger charge is -2.20. The number of para-hydroxylation sites is 1. The van der Waals surface area contributed by atoms with E-state index >= 15 is 0 Å². The van der Waals surface area contributed by atoms with Gasteiger partial charge >= 0.3 is 6.18 Å². The van der Waals surface area contributed by atoms with Gasteiger partial charge in [0, 0.05) is 11.7 Å². The van der Waals surface area contributed by atoms with Crippen molar-refractivity contribution in [3.63, 3.8) is 0 Å². The number of hydrogen-bond acceptors (Lipinski definition) is 2. The Labute approximate surface area is 106 Å². The molecule has 0 radical (unpaired) electrons. The molecular formula is C13H19F3N2. The van der Waals surface area contributed by atoms with Gasteiger partial charge in [-0.2, -0.15) is 13.2 Å². The van der Waals surface area contributed by atoms with E-state index in [1.807, 2.05) is 25.9 Å². The molecule has 0 aliphatic carbocycles. The Morgan fingerprint density at radius 3 is 2.39 bits per heavy atom. The maximum atomic E-state index is 12.8. The molecule has 1 unspecified atom stereocenters. The summed E-state index contributed by atoms with van der Waals surface area (Å²) in [5.74, 6) is 0. The van der Waals surface area contributed by atoms with Crippen molar-refractivity contribution in [3.05, 3.63) is 29.8 Å². The van der Waals surface area contributed by atoms with Crippen LogP contribution >= 0.6 is 0 Å². The molecule has 5 heteroatoms. The molecule has 18 heavy (non-hydrogen) atoms. The number of rotatable bonds is 5. The number of hydrogen-bond donors (Lipinski definition) is 1. The first-order valence-electron chi connectivity index (χ1n) is 5.88. The van der Waals surface area contributed by atoms with Crippen LogP contribution in [0.25, 0.3) is 0 Å². The molecule has 102 valence electrons. The summed E-state index contributed by atoms with van der Waals surface area (Å²) in [6.07, 6.45) is -3.52. The van der Waals surface area contributed by atoms with Crippen LogP contribution in [0.3, 0.4) is 0 Å². The molecule has 0 spiro atoms. The van der Waals surface area contributed by atoms with Gasteiger partial charge in [-0.1, -0.05) is 12.1 Å². The highest BCUT2D eigenvalue weighted by atomic mass is 19.4. The molecule has 1 rings (SSSR count). The first-order chi connectivity index (χ1) is 8.30. The highest BCUT2D eigenvalue weighted by Crippen LogP contribution is 2.34. The summed E-state index contributed by atoms with van der Waals surface area (Å²) in [5, 5.41) is 2.93. The van der Waals surface area contributed by atoms with Crippen molar-refractivity contribution in [1.29, 1.82) is 0 Å². The highest BCUT2D eigenvalue weighted by Gasteiger charge is 2.33. The van der Waals surface area contributed by atoms with Crippen LogP contribution in [0.2, 0.25) is 0 Å². The predicted molar refractivity (Wildman–Crippen MR) is 67.7 cm³/mol. The first-order valence-corrected chi connectivity index (χ1v) is 5.88. The summed E-state index contributed by atoms with van der Waals surface area (Å²) in [7, 11) is 3.88. The van der Waals surface area contributed by atoms with Gasteiger partial charge in [-0.15, -0.1) is 0 Å². The Kier molecular flexibility index (Phi) is 5.02. The Balaban J connectivity index is 2.72. The van der Waals surface area contributed by atoms with Crippen LogP contribution in [0.4, 0.5) is 18.9 Å². The third-order valence-corrected chi connectivity index (χ3v) is 2.64. The van der Waals surface area contributed by atoms with E-state index < -0.39 is 11.7 Å². The molecule has 0 aliphatic rings. The number of benzene rings is 1. The van der Waals surface area contributed by atoms with Crippen molar-refractivity contribution >= 4 is 5.69 Å². The largest absolute Gasteiger partial charge is 0.418 e. The van der Waals surface area contributed by atoms with Gasteiger partial charge in [0.25, 0.3) is 0 Å². The van der Waals surface area contributed by atoms with Crippen LogP contribution in [0.15, 0.2) is 24.3 Å². The Hall–Kier alpha value is -1.23. The van der Waals surface area contributed by atoms with E-state index in [0.717, 1.165) is 19.0 Å². The number of nitrogens with one attached hydrogen (secondary N) is 1. The fraction of sp³-hybridized carbons (Fsp3) is 0.538. The predicted octanol–water partition coefficient (Wildman–Crippen LogP) is 3.46. The normalized spacial score (nSPS) is 13.7. The van der Waals surface area contributed by atoms with E-state index in [9.17, 15) is 13.2 Å². The van der Waals surface area contributed by atoms with E-state index in [1.54, 1.807) is 6.07 Å². The average Bonchev–Trinajstić information content (AvgIpc) is 2.25. The zero-order valence-corrected chi connectivity index (χ0v) is 10.9. The third kappa shape index (κ3) is 4.56. The van der Waals surface area contributed by atoms with Crippen molar-refractivity contribution in [2.75, 3.05) is 26.0 Å². The smallest absolute Gasteiger partial charge is 0.382 e. The number of anilines is 1. The van der Waals surface area contributed by atoms with E-state index in [2.05, 4.69) is 5.32 Å². The quantitative estimate of drug-likeness (QED) is 0.872. The van der Waals surface area contributed by atoms with Crippen LogP contribution in [0.5, 0.6) is 0 Å². The molecule has 0 fully saturated rings. The lowest BCUT2D eigenvalue weighted by molar-refractivity contribution is -0.137. The van der Waals surface area contributed by atoms with Crippen LogP contribution in [-0.4, -0.2) is 31.6 Å². The summed E-state index contributed by atoms with van der Waals surface area (Å²) < 4.78 is 38.3. The highest BCUT2D eigenvalue weighted by molar-refractivity contribution is 5.53. The molecule has 1 N–H and O–H groups in total. The van der Waals surface area contributed by atoms with E-state index in [0.29, 0.717) is 0 Å². The molecule has 0 saturated heterocycles. The minimum absolute atomic E-state index is 0.00380. The number of alkyl halides is 3. The summed E-state index contributed by atoms with van der Waals surface area (Å²) in [5.41, 5.74) is -0.460. The molecule has 1 aromatic carbocycles. The summed E-state index contributed by atoms with van der Waals surface area (Å²) >= 11 is 0. The van der Waals surface area contributed by atoms with Gasteiger partial charge in [-0.25, -0.2) is 0 Å². The van der Waals surface area contributed by atoms with Gasteiger partial charge in [0.2, 0.25) is 0 Å². The number of nitrogens with zero attached hydrogens (tertiary/aromatic N) is 1. The first kappa shape index (κ1) is 14.8. The molecule has 0 heterocycles. The summed E-state index contributed by atoms with van der Waals surface area (Å²) in [4.78, 5) is 2.01. The van der Waals surface area contributed by atoms with Crippen LogP contribution in [-0.2, 0) is 6.18 Å². The molecular weight excluding hydrogens is 241 g/mol. The molecule has 1 atom stereocenters. The fourth-order valence-corrected chi connectivity index (χ4v) is 1.65. The molecule has 1 aromatic rings. The zero-order chi connectivity index (χ0) is 13.8. The van der Waals surface area contributed by atoms with Gasteiger partial charge in [0.15, 0.2) is 0 Å². The standard InChI is InChI=1S/C13H19F3N2/c1-10(8-9-18(2)3)17-12-7-5-4-6-11(12)13(14,15)16/h4-7,10,17H,8-9H2,1-3H3. The van der Waals surface area contributed by atoms with E-state index in [-0.39, 0.29) is 11.7 Å². The molecule has 0 aromatic heterocycles. The van der Waals surface area contributed by atoms with Crippen molar-refractivity contribution in [2.24, 2.45) is 0 Å². The number of halogens is 3. The van der Waals surface area contributed by atoms with Crippen molar-refractivity contribution in [2.45, 2.75) is 25.6 Å². The summed E-state index contributed by atoms with van der Waals surface area (Å²) in [6.45, 7) is 2.72. The second-order valence-electron chi connectivity index (χ2n) is 4.68. The minimum atomic E-state index is -4.31. The summed E-state index contributed by atoms with van der Waals surface area (Å²) in [6, 6.07) is 5.57. The average molecular weight is 260 g/mol. The lowest BCUT2D eigenvalue weighted by atomic mass is 10.1. The van der Waals surface area contributed by atoms with Crippen molar-refractivity contribution < 1.29 is 13.2 Å². The van der Waals surface area contributed by atoms with Crippen molar-refractivity contribution in [3.8, 4) is 0 Å². The Morgan fingerprint density at radius 1 is 1.22 bits per heavy atom. The Morgan fingerprint density at radius 2 is 1.83 bits per heavy atom. The van der Waals surface area contributed by atoms with Gasteiger partial charge in [-0.05, 0) is 46.1 Å². The van der Waals surface area contributed by atoms with Gasteiger partial charge in [0.1, 0.15) is 0 Å². The zero-order valence-electron chi connectivity index (χ0n) is 10.9. The molecule has 0 saturated carbocycles. The van der Waals surface area contributed by atoms with Gasteiger partial charge in [0.05, 0.1) is 5.56 Å². The monoisotopic (exact) mass is 260 g/mol. The maximum Gasteiger partial charge on any atom is 0.418 e. The van der Waals surface area contributed by atoms with Crippen LogP contribution in [0, 0.1) is 0 Å². The molecule has 0 amide bonds. The lowest BCUT2D eigenvalue weighted by Crippen LogP contribution is -2.24. The second kappa shape index (κ2) is 6.09. The molecule has 0 bridgehead atoms. The van der Waals surface area contributed by atoms with E-state index in [1.165, 1.54) is 12.1 Å². The minimum Gasteiger partial charge on any atom is -0.382 e. The SMILES string of the molecule is CC(CCN(C)C)Nc1ccccc1C(F)(F)F. The van der Waals surface area contributed by atoms with Gasteiger partial charge < -0.3 is 10.2 Å².